The minimum absolute atomic E-state index is 0.0692. The lowest BCUT2D eigenvalue weighted by Crippen LogP contribution is -2.53. The number of aromatic nitrogens is 5. The third-order valence-electron chi connectivity index (χ3n) is 6.57. The molecule has 36 heavy (non-hydrogen) atoms. The van der Waals surface area contributed by atoms with Crippen LogP contribution in [-0.4, -0.2) is 61.8 Å². The van der Waals surface area contributed by atoms with Crippen LogP contribution >= 0.6 is 0 Å². The van der Waals surface area contributed by atoms with E-state index < -0.39 is 12.3 Å². The first-order chi connectivity index (χ1) is 17.4. The van der Waals surface area contributed by atoms with Crippen molar-refractivity contribution in [3.05, 3.63) is 66.2 Å². The third-order valence-corrected chi connectivity index (χ3v) is 6.57. The van der Waals surface area contributed by atoms with Crippen molar-refractivity contribution in [1.82, 2.24) is 30.1 Å². The predicted molar refractivity (Wildman–Crippen MR) is 133 cm³/mol. The largest absolute Gasteiger partial charge is 0.415 e. The van der Waals surface area contributed by atoms with Gasteiger partial charge in [0.05, 0.1) is 12.7 Å². The predicted octanol–water partition coefficient (Wildman–Crippen LogP) is 4.90. The van der Waals surface area contributed by atoms with Gasteiger partial charge in [0.2, 0.25) is 5.89 Å². The van der Waals surface area contributed by atoms with E-state index in [-0.39, 0.29) is 5.89 Å². The quantitative estimate of drug-likeness (QED) is 0.362. The van der Waals surface area contributed by atoms with E-state index >= 15 is 0 Å². The highest BCUT2D eigenvalue weighted by atomic mass is 19.3. The first-order valence-corrected chi connectivity index (χ1v) is 12.1. The summed E-state index contributed by atoms with van der Waals surface area (Å²) in [6.45, 7) is 10.4. The highest BCUT2D eigenvalue weighted by Crippen LogP contribution is 2.27. The molecule has 1 atom stereocenters. The molecule has 0 unspecified atom stereocenters. The molecule has 0 amide bonds. The maximum Gasteiger partial charge on any atom is 0.314 e. The van der Waals surface area contributed by atoms with E-state index in [1.54, 1.807) is 16.8 Å². The zero-order valence-corrected chi connectivity index (χ0v) is 20.6. The van der Waals surface area contributed by atoms with Gasteiger partial charge in [-0.3, -0.25) is 4.90 Å². The lowest BCUT2D eigenvalue weighted by atomic mass is 10.1. The molecule has 10 heteroatoms. The summed E-state index contributed by atoms with van der Waals surface area (Å²) >= 11 is 0. The van der Waals surface area contributed by atoms with Crippen molar-refractivity contribution < 1.29 is 13.2 Å². The lowest BCUT2D eigenvalue weighted by molar-refractivity contribution is 0.116. The number of rotatable bonds is 7. The molecule has 8 nitrogen and oxygen atoms in total. The van der Waals surface area contributed by atoms with Crippen LogP contribution in [0.1, 0.15) is 38.7 Å². The normalized spacial score (nSPS) is 16.9. The highest BCUT2D eigenvalue weighted by Gasteiger charge is 2.25. The molecule has 0 bridgehead atoms. The molecule has 0 radical (unpaired) electrons. The molecule has 1 fully saturated rings. The second-order valence-electron chi connectivity index (χ2n) is 9.43. The summed E-state index contributed by atoms with van der Waals surface area (Å²) in [7, 11) is 0. The Morgan fingerprint density at radius 3 is 2.50 bits per heavy atom. The van der Waals surface area contributed by atoms with Gasteiger partial charge in [0.15, 0.2) is 0 Å². The maximum absolute atomic E-state index is 12.7. The van der Waals surface area contributed by atoms with Gasteiger partial charge >= 0.3 is 6.43 Å². The van der Waals surface area contributed by atoms with Crippen molar-refractivity contribution in [1.29, 1.82) is 0 Å². The average Bonchev–Trinajstić information content (AvgIpc) is 3.55. The van der Waals surface area contributed by atoms with E-state index in [0.717, 1.165) is 36.5 Å². The van der Waals surface area contributed by atoms with Crippen LogP contribution in [0.25, 0.3) is 22.7 Å². The van der Waals surface area contributed by atoms with Crippen LogP contribution in [0.3, 0.4) is 0 Å². The SMILES string of the molecule is CC(C)N1CCN(c2cccc(-c3cn(Cc4ccc(-c5nnc(C(F)F)o5)cc4)nn3)c2)[C@@H](C)C1. The van der Waals surface area contributed by atoms with E-state index in [4.69, 9.17) is 4.42 Å². The Balaban J connectivity index is 1.26. The Morgan fingerprint density at radius 1 is 1.00 bits per heavy atom. The first kappa shape index (κ1) is 24.1. The molecule has 0 aliphatic carbocycles. The van der Waals surface area contributed by atoms with Crippen molar-refractivity contribution in [2.75, 3.05) is 24.5 Å². The van der Waals surface area contributed by atoms with Gasteiger partial charge < -0.3 is 9.32 Å². The minimum Gasteiger partial charge on any atom is -0.415 e. The molecule has 2 aromatic heterocycles. The number of alkyl halides is 2. The number of benzene rings is 2. The number of halogens is 2. The fraction of sp³-hybridized carbons (Fsp3) is 0.385. The summed E-state index contributed by atoms with van der Waals surface area (Å²) in [6.07, 6.45) is -0.855. The standard InChI is InChI=1S/C26H29F2N7O/c1-17(2)33-11-12-35(18(3)14-33)22-6-4-5-21(13-22)23-16-34(32-29-23)15-19-7-9-20(10-8-19)25-30-31-26(36-25)24(27)28/h4-10,13,16-18,24H,11-12,14-15H2,1-3H3/t18-/m0/s1. The molecule has 1 aliphatic rings. The summed E-state index contributed by atoms with van der Waals surface area (Å²) in [6, 6.07) is 16.7. The Bertz CT molecular complexity index is 1300. The van der Waals surface area contributed by atoms with E-state index in [1.807, 2.05) is 18.3 Å². The van der Waals surface area contributed by atoms with Crippen LogP contribution < -0.4 is 4.90 Å². The molecule has 188 valence electrons. The second-order valence-corrected chi connectivity index (χ2v) is 9.43. The lowest BCUT2D eigenvalue weighted by Gasteiger charge is -2.43. The van der Waals surface area contributed by atoms with E-state index in [2.05, 4.69) is 75.3 Å². The van der Waals surface area contributed by atoms with Gasteiger partial charge in [-0.1, -0.05) is 29.5 Å². The van der Waals surface area contributed by atoms with Crippen molar-refractivity contribution in [3.8, 4) is 22.7 Å². The fourth-order valence-electron chi connectivity index (χ4n) is 4.57. The second kappa shape index (κ2) is 10.1. The fourth-order valence-corrected chi connectivity index (χ4v) is 4.57. The van der Waals surface area contributed by atoms with Crippen LogP contribution in [0.4, 0.5) is 14.5 Å². The molecule has 4 aromatic rings. The molecule has 2 aromatic carbocycles. The number of piperazine rings is 1. The highest BCUT2D eigenvalue weighted by molar-refractivity contribution is 5.65. The minimum atomic E-state index is -2.79. The molecule has 0 N–H and O–H groups in total. The van der Waals surface area contributed by atoms with Gasteiger partial charge in [0, 0.05) is 48.5 Å². The summed E-state index contributed by atoms with van der Waals surface area (Å²) in [5.74, 6) is -0.611. The molecule has 0 spiro atoms. The third kappa shape index (κ3) is 5.13. The maximum atomic E-state index is 12.7. The topological polar surface area (TPSA) is 76.1 Å². The summed E-state index contributed by atoms with van der Waals surface area (Å²) in [5, 5.41) is 15.7. The van der Waals surface area contributed by atoms with Crippen LogP contribution in [0.2, 0.25) is 0 Å². The Hall–Kier alpha value is -3.66. The molecule has 1 aliphatic heterocycles. The van der Waals surface area contributed by atoms with Crippen molar-refractivity contribution in [2.24, 2.45) is 0 Å². The van der Waals surface area contributed by atoms with Gasteiger partial charge in [0.25, 0.3) is 5.89 Å². The van der Waals surface area contributed by atoms with Crippen LogP contribution in [0.15, 0.2) is 59.1 Å². The summed E-state index contributed by atoms with van der Waals surface area (Å²) < 4.78 is 32.2. The van der Waals surface area contributed by atoms with Crippen molar-refractivity contribution >= 4 is 5.69 Å². The van der Waals surface area contributed by atoms with Crippen LogP contribution in [-0.2, 0) is 6.54 Å². The molecular weight excluding hydrogens is 464 g/mol. The summed E-state index contributed by atoms with van der Waals surface area (Å²) in [4.78, 5) is 4.98. The van der Waals surface area contributed by atoms with E-state index in [9.17, 15) is 8.78 Å². The average molecular weight is 494 g/mol. The Labute approximate surface area is 208 Å². The summed E-state index contributed by atoms with van der Waals surface area (Å²) in [5.41, 5.74) is 4.60. The van der Waals surface area contributed by atoms with Crippen molar-refractivity contribution in [2.45, 2.75) is 45.8 Å². The van der Waals surface area contributed by atoms with E-state index in [1.165, 1.54) is 5.69 Å². The first-order valence-electron chi connectivity index (χ1n) is 12.1. The molecule has 0 saturated carbocycles. The Morgan fingerprint density at radius 2 is 1.81 bits per heavy atom. The number of hydrogen-bond acceptors (Lipinski definition) is 7. The van der Waals surface area contributed by atoms with Crippen LogP contribution in [0.5, 0.6) is 0 Å². The molecule has 3 heterocycles. The molecule has 1 saturated heterocycles. The van der Waals surface area contributed by atoms with Crippen LogP contribution in [0, 0.1) is 0 Å². The Kier molecular flexibility index (Phi) is 6.77. The van der Waals surface area contributed by atoms with Gasteiger partial charge in [-0.15, -0.1) is 15.3 Å². The van der Waals surface area contributed by atoms with Gasteiger partial charge in [0.1, 0.15) is 5.69 Å². The smallest absolute Gasteiger partial charge is 0.314 e. The van der Waals surface area contributed by atoms with Gasteiger partial charge in [-0.05, 0) is 50.6 Å². The van der Waals surface area contributed by atoms with Crippen molar-refractivity contribution in [3.63, 3.8) is 0 Å². The van der Waals surface area contributed by atoms with Gasteiger partial charge in [-0.2, -0.15) is 8.78 Å². The monoisotopic (exact) mass is 493 g/mol. The number of anilines is 1. The van der Waals surface area contributed by atoms with E-state index in [0.29, 0.717) is 24.2 Å². The van der Waals surface area contributed by atoms with Gasteiger partial charge in [-0.25, -0.2) is 4.68 Å². The number of nitrogens with zero attached hydrogens (tertiary/aromatic N) is 7. The molecule has 5 rings (SSSR count). The number of hydrogen-bond donors (Lipinski definition) is 0. The zero-order valence-electron chi connectivity index (χ0n) is 20.6. The molecular formula is C26H29F2N7O. The zero-order chi connectivity index (χ0) is 25.2.